The zero-order chi connectivity index (χ0) is 13.4. The molecule has 1 N–H and O–H groups in total. The van der Waals surface area contributed by atoms with Crippen molar-refractivity contribution in [1.82, 2.24) is 10.2 Å². The quantitative estimate of drug-likeness (QED) is 0.712. The van der Waals surface area contributed by atoms with Crippen LogP contribution in [-0.4, -0.2) is 43.8 Å². The van der Waals surface area contributed by atoms with Crippen molar-refractivity contribution in [1.29, 1.82) is 0 Å². The zero-order valence-corrected chi connectivity index (χ0v) is 11.2. The molecule has 108 valence electrons. The van der Waals surface area contributed by atoms with Gasteiger partial charge in [-0.3, -0.25) is 0 Å². The van der Waals surface area contributed by atoms with Gasteiger partial charge in [-0.2, -0.15) is 13.2 Å². The summed E-state index contributed by atoms with van der Waals surface area (Å²) in [5, 5.41) is 3.25. The Morgan fingerprint density at radius 3 is 2.61 bits per heavy atom. The van der Waals surface area contributed by atoms with Gasteiger partial charge in [0.15, 0.2) is 0 Å². The molecule has 0 aromatic heterocycles. The van der Waals surface area contributed by atoms with Gasteiger partial charge in [0.2, 0.25) is 0 Å². The monoisotopic (exact) mass is 266 g/mol. The van der Waals surface area contributed by atoms with E-state index in [9.17, 15) is 13.2 Å². The average Bonchev–Trinajstić information content (AvgIpc) is 2.28. The molecular weight excluding hydrogens is 241 g/mol. The second-order valence-corrected chi connectivity index (χ2v) is 5.24. The summed E-state index contributed by atoms with van der Waals surface area (Å²) in [6.45, 7) is 2.80. The molecule has 1 saturated heterocycles. The van der Waals surface area contributed by atoms with Crippen molar-refractivity contribution < 1.29 is 13.2 Å². The summed E-state index contributed by atoms with van der Waals surface area (Å²) in [6, 6.07) is 0.654. The number of rotatable bonds is 7. The first-order valence-electron chi connectivity index (χ1n) is 6.97. The van der Waals surface area contributed by atoms with Gasteiger partial charge in [0, 0.05) is 12.5 Å². The van der Waals surface area contributed by atoms with E-state index >= 15 is 0 Å². The molecule has 0 aliphatic carbocycles. The van der Waals surface area contributed by atoms with Crippen LogP contribution in [0.3, 0.4) is 0 Å². The van der Waals surface area contributed by atoms with Gasteiger partial charge in [0.25, 0.3) is 0 Å². The number of halogens is 3. The van der Waals surface area contributed by atoms with Crippen LogP contribution >= 0.6 is 0 Å². The third-order valence-corrected chi connectivity index (χ3v) is 3.64. The summed E-state index contributed by atoms with van der Waals surface area (Å²) in [7, 11) is 2.16. The maximum atomic E-state index is 11.9. The first-order valence-corrected chi connectivity index (χ1v) is 6.97. The van der Waals surface area contributed by atoms with Crippen molar-refractivity contribution in [2.45, 2.75) is 57.2 Å². The van der Waals surface area contributed by atoms with Crippen LogP contribution in [0.1, 0.15) is 44.9 Å². The Morgan fingerprint density at radius 2 is 1.94 bits per heavy atom. The van der Waals surface area contributed by atoms with Gasteiger partial charge in [0.05, 0.1) is 0 Å². The Labute approximate surface area is 108 Å². The molecule has 5 heteroatoms. The van der Waals surface area contributed by atoms with E-state index in [0.29, 0.717) is 19.0 Å². The molecule has 0 radical (unpaired) electrons. The van der Waals surface area contributed by atoms with Gasteiger partial charge in [-0.25, -0.2) is 0 Å². The lowest BCUT2D eigenvalue weighted by Crippen LogP contribution is -2.38. The molecular formula is C13H25F3N2. The molecule has 1 fully saturated rings. The van der Waals surface area contributed by atoms with E-state index in [-0.39, 0.29) is 6.42 Å². The highest BCUT2D eigenvalue weighted by Crippen LogP contribution is 2.21. The predicted octanol–water partition coefficient (Wildman–Crippen LogP) is 3.18. The third-order valence-electron chi connectivity index (χ3n) is 3.64. The van der Waals surface area contributed by atoms with E-state index in [1.165, 1.54) is 25.8 Å². The number of likely N-dealkylation sites (tertiary alicyclic amines) is 1. The minimum Gasteiger partial charge on any atom is -0.317 e. The van der Waals surface area contributed by atoms with Crippen LogP contribution in [0.5, 0.6) is 0 Å². The van der Waals surface area contributed by atoms with Crippen LogP contribution in [0, 0.1) is 0 Å². The molecule has 0 aromatic rings. The highest BCUT2D eigenvalue weighted by Gasteiger charge is 2.25. The summed E-state index contributed by atoms with van der Waals surface area (Å²) < 4.78 is 35.7. The zero-order valence-electron chi connectivity index (χ0n) is 11.2. The smallest absolute Gasteiger partial charge is 0.317 e. The van der Waals surface area contributed by atoms with Crippen molar-refractivity contribution in [2.75, 3.05) is 26.7 Å². The van der Waals surface area contributed by atoms with Crippen LogP contribution in [0.15, 0.2) is 0 Å². The SMILES string of the molecule is CN1CCCCC1CCNCCCCC(F)(F)F. The van der Waals surface area contributed by atoms with Crippen molar-refractivity contribution in [3.05, 3.63) is 0 Å². The maximum Gasteiger partial charge on any atom is 0.389 e. The lowest BCUT2D eigenvalue weighted by Gasteiger charge is -2.32. The summed E-state index contributed by atoms with van der Waals surface area (Å²) in [5.41, 5.74) is 0. The van der Waals surface area contributed by atoms with Crippen molar-refractivity contribution in [3.8, 4) is 0 Å². The average molecular weight is 266 g/mol. The largest absolute Gasteiger partial charge is 0.389 e. The molecule has 0 spiro atoms. The van der Waals surface area contributed by atoms with E-state index in [1.807, 2.05) is 0 Å². The van der Waals surface area contributed by atoms with E-state index in [0.717, 1.165) is 13.0 Å². The molecule has 1 aliphatic heterocycles. The fourth-order valence-corrected chi connectivity index (χ4v) is 2.48. The van der Waals surface area contributed by atoms with Crippen LogP contribution in [0.4, 0.5) is 13.2 Å². The molecule has 0 amide bonds. The Morgan fingerprint density at radius 1 is 1.17 bits per heavy atom. The number of alkyl halides is 3. The van der Waals surface area contributed by atoms with Gasteiger partial charge < -0.3 is 10.2 Å². The molecule has 0 saturated carbocycles. The second-order valence-electron chi connectivity index (χ2n) is 5.24. The fourth-order valence-electron chi connectivity index (χ4n) is 2.48. The highest BCUT2D eigenvalue weighted by molar-refractivity contribution is 4.74. The van der Waals surface area contributed by atoms with Gasteiger partial charge in [0.1, 0.15) is 0 Å². The number of hydrogen-bond donors (Lipinski definition) is 1. The van der Waals surface area contributed by atoms with E-state index in [4.69, 9.17) is 0 Å². The van der Waals surface area contributed by atoms with E-state index in [1.54, 1.807) is 0 Å². The fraction of sp³-hybridized carbons (Fsp3) is 1.00. The molecule has 1 aliphatic rings. The van der Waals surface area contributed by atoms with Crippen molar-refractivity contribution in [2.24, 2.45) is 0 Å². The number of unbranched alkanes of at least 4 members (excludes halogenated alkanes) is 1. The summed E-state index contributed by atoms with van der Waals surface area (Å²) in [5.74, 6) is 0. The van der Waals surface area contributed by atoms with Crippen LogP contribution < -0.4 is 5.32 Å². The normalized spacial score (nSPS) is 22.3. The van der Waals surface area contributed by atoms with E-state index in [2.05, 4.69) is 17.3 Å². The minimum absolute atomic E-state index is 0.236. The highest BCUT2D eigenvalue weighted by atomic mass is 19.4. The van der Waals surface area contributed by atoms with Crippen molar-refractivity contribution >= 4 is 0 Å². The van der Waals surface area contributed by atoms with Gasteiger partial charge in [-0.1, -0.05) is 6.42 Å². The van der Waals surface area contributed by atoms with Gasteiger partial charge >= 0.3 is 6.18 Å². The first kappa shape index (κ1) is 15.8. The number of hydrogen-bond acceptors (Lipinski definition) is 2. The Balaban J connectivity index is 1.92. The lowest BCUT2D eigenvalue weighted by atomic mass is 10.0. The molecule has 1 atom stereocenters. The van der Waals surface area contributed by atoms with E-state index < -0.39 is 12.6 Å². The summed E-state index contributed by atoms with van der Waals surface area (Å²) >= 11 is 0. The Kier molecular flexibility index (Phi) is 7.00. The maximum absolute atomic E-state index is 11.9. The third kappa shape index (κ3) is 7.21. The predicted molar refractivity (Wildman–Crippen MR) is 67.7 cm³/mol. The molecule has 2 nitrogen and oxygen atoms in total. The molecule has 18 heavy (non-hydrogen) atoms. The van der Waals surface area contributed by atoms with Gasteiger partial charge in [-0.05, 0) is 58.8 Å². The van der Waals surface area contributed by atoms with Crippen molar-refractivity contribution in [3.63, 3.8) is 0 Å². The summed E-state index contributed by atoms with van der Waals surface area (Å²) in [6.07, 6.45) is 1.16. The molecule has 0 bridgehead atoms. The lowest BCUT2D eigenvalue weighted by molar-refractivity contribution is -0.135. The van der Waals surface area contributed by atoms with Crippen LogP contribution in [-0.2, 0) is 0 Å². The van der Waals surface area contributed by atoms with Gasteiger partial charge in [-0.15, -0.1) is 0 Å². The molecule has 1 heterocycles. The minimum atomic E-state index is -4.00. The van der Waals surface area contributed by atoms with Crippen LogP contribution in [0.2, 0.25) is 0 Å². The Hall–Kier alpha value is -0.290. The first-order chi connectivity index (χ1) is 8.49. The molecule has 0 aromatic carbocycles. The number of nitrogens with one attached hydrogen (secondary N) is 1. The summed E-state index contributed by atoms with van der Waals surface area (Å²) in [4.78, 5) is 2.40. The topological polar surface area (TPSA) is 15.3 Å². The Bertz CT molecular complexity index is 219. The number of nitrogens with zero attached hydrogens (tertiary/aromatic N) is 1. The molecule has 1 rings (SSSR count). The molecule has 1 unspecified atom stereocenters. The second kappa shape index (κ2) is 8.00. The van der Waals surface area contributed by atoms with Crippen LogP contribution in [0.25, 0.3) is 0 Å². The number of piperidine rings is 1. The standard InChI is InChI=1S/C13H25F3N2/c1-18-11-5-2-6-12(18)7-10-17-9-4-3-8-13(14,15)16/h12,17H,2-11H2,1H3.